The molecule has 0 aliphatic rings. The van der Waals surface area contributed by atoms with Crippen LogP contribution in [0.4, 0.5) is 0 Å². The number of benzene rings is 2. The highest BCUT2D eigenvalue weighted by molar-refractivity contribution is 9.10. The van der Waals surface area contributed by atoms with Crippen molar-refractivity contribution in [2.24, 2.45) is 5.73 Å². The van der Waals surface area contributed by atoms with Gasteiger partial charge < -0.3 is 10.5 Å². The smallest absolute Gasteiger partial charge is 0.127 e. The van der Waals surface area contributed by atoms with Crippen LogP contribution in [0.25, 0.3) is 0 Å². The highest BCUT2D eigenvalue weighted by atomic mass is 79.9. The number of aryl methyl sites for hydroxylation is 1. The Morgan fingerprint density at radius 1 is 1.21 bits per heavy atom. The van der Waals surface area contributed by atoms with Crippen LogP contribution in [-0.2, 0) is 13.2 Å². The first kappa shape index (κ1) is 14.4. The van der Waals surface area contributed by atoms with Gasteiger partial charge in [-0.2, -0.15) is 0 Å². The van der Waals surface area contributed by atoms with Gasteiger partial charge in [-0.3, -0.25) is 0 Å². The first-order chi connectivity index (χ1) is 9.11. The summed E-state index contributed by atoms with van der Waals surface area (Å²) in [6, 6.07) is 11.7. The molecule has 4 heteroatoms. The van der Waals surface area contributed by atoms with Crippen LogP contribution in [0, 0.1) is 6.92 Å². The Hall–Kier alpha value is -1.03. The Labute approximate surface area is 126 Å². The fourth-order valence-electron chi connectivity index (χ4n) is 1.87. The molecular weight excluding hydrogens is 326 g/mol. The third-order valence-corrected chi connectivity index (χ3v) is 3.75. The zero-order chi connectivity index (χ0) is 13.8. The van der Waals surface area contributed by atoms with E-state index in [1.54, 1.807) is 0 Å². The van der Waals surface area contributed by atoms with Crippen LogP contribution in [-0.4, -0.2) is 0 Å². The quantitative estimate of drug-likeness (QED) is 0.892. The average Bonchev–Trinajstić information content (AvgIpc) is 2.39. The standard InChI is InChI=1S/C15H15BrClNO/c1-10-3-2-4-11(8-18)15(10)19-9-12-5-6-13(16)7-14(12)17/h2-7H,8-9,18H2,1H3. The molecule has 19 heavy (non-hydrogen) atoms. The minimum Gasteiger partial charge on any atom is -0.488 e. The number of rotatable bonds is 4. The van der Waals surface area contributed by atoms with Crippen molar-refractivity contribution in [1.29, 1.82) is 0 Å². The average molecular weight is 341 g/mol. The van der Waals surface area contributed by atoms with E-state index in [-0.39, 0.29) is 0 Å². The van der Waals surface area contributed by atoms with Crippen LogP contribution < -0.4 is 10.5 Å². The van der Waals surface area contributed by atoms with Crippen LogP contribution in [0.2, 0.25) is 5.02 Å². The van der Waals surface area contributed by atoms with Crippen LogP contribution in [0.1, 0.15) is 16.7 Å². The summed E-state index contributed by atoms with van der Waals surface area (Å²) in [6.45, 7) is 2.91. The highest BCUT2D eigenvalue weighted by Gasteiger charge is 2.07. The van der Waals surface area contributed by atoms with Crippen molar-refractivity contribution in [2.45, 2.75) is 20.1 Å². The normalized spacial score (nSPS) is 10.5. The third kappa shape index (κ3) is 3.50. The van der Waals surface area contributed by atoms with Crippen molar-refractivity contribution >= 4 is 27.5 Å². The highest BCUT2D eigenvalue weighted by Crippen LogP contribution is 2.26. The molecule has 0 aromatic heterocycles. The predicted molar refractivity (Wildman–Crippen MR) is 82.6 cm³/mol. The fraction of sp³-hybridized carbons (Fsp3) is 0.200. The van der Waals surface area contributed by atoms with Crippen molar-refractivity contribution in [3.63, 3.8) is 0 Å². The van der Waals surface area contributed by atoms with Crippen molar-refractivity contribution < 1.29 is 4.74 Å². The lowest BCUT2D eigenvalue weighted by molar-refractivity contribution is 0.301. The maximum atomic E-state index is 6.17. The summed E-state index contributed by atoms with van der Waals surface area (Å²) in [7, 11) is 0. The molecule has 2 rings (SSSR count). The summed E-state index contributed by atoms with van der Waals surface area (Å²) in [5.41, 5.74) is 8.77. The Balaban J connectivity index is 2.19. The second-order valence-electron chi connectivity index (χ2n) is 4.29. The van der Waals surface area contributed by atoms with E-state index in [4.69, 9.17) is 22.1 Å². The Morgan fingerprint density at radius 3 is 2.68 bits per heavy atom. The number of hydrogen-bond donors (Lipinski definition) is 1. The Bertz CT molecular complexity index is 586. The molecule has 2 nitrogen and oxygen atoms in total. The maximum Gasteiger partial charge on any atom is 0.127 e. The monoisotopic (exact) mass is 339 g/mol. The van der Waals surface area contributed by atoms with Gasteiger partial charge in [0.15, 0.2) is 0 Å². The third-order valence-electron chi connectivity index (χ3n) is 2.90. The van der Waals surface area contributed by atoms with Gasteiger partial charge in [0.2, 0.25) is 0 Å². The van der Waals surface area contributed by atoms with E-state index in [0.717, 1.165) is 26.9 Å². The predicted octanol–water partition coefficient (Wildman–Crippen LogP) is 4.45. The maximum absolute atomic E-state index is 6.17. The van der Waals surface area contributed by atoms with Crippen molar-refractivity contribution in [2.75, 3.05) is 0 Å². The number of para-hydroxylation sites is 1. The largest absolute Gasteiger partial charge is 0.488 e. The van der Waals surface area contributed by atoms with Crippen molar-refractivity contribution in [1.82, 2.24) is 0 Å². The summed E-state index contributed by atoms with van der Waals surface area (Å²) in [6.07, 6.45) is 0. The number of halogens is 2. The van der Waals surface area contributed by atoms with Gasteiger partial charge in [0.25, 0.3) is 0 Å². The molecule has 0 bridgehead atoms. The lowest BCUT2D eigenvalue weighted by atomic mass is 10.1. The van der Waals surface area contributed by atoms with Gasteiger partial charge in [0, 0.05) is 27.2 Å². The molecule has 2 aromatic rings. The van der Waals surface area contributed by atoms with E-state index in [1.807, 2.05) is 43.3 Å². The van der Waals surface area contributed by atoms with E-state index in [2.05, 4.69) is 15.9 Å². The van der Waals surface area contributed by atoms with Gasteiger partial charge in [-0.05, 0) is 24.6 Å². The molecule has 2 N–H and O–H groups in total. The summed E-state index contributed by atoms with van der Waals surface area (Å²) >= 11 is 9.56. The summed E-state index contributed by atoms with van der Waals surface area (Å²) in [5, 5.41) is 0.692. The summed E-state index contributed by atoms with van der Waals surface area (Å²) in [5.74, 6) is 0.851. The minimum atomic E-state index is 0.434. The van der Waals surface area contributed by atoms with Gasteiger partial charge in [0.05, 0.1) is 0 Å². The Morgan fingerprint density at radius 2 is 2.00 bits per heavy atom. The Kier molecular flexibility index (Phi) is 4.86. The van der Waals surface area contributed by atoms with Crippen LogP contribution in [0.15, 0.2) is 40.9 Å². The lowest BCUT2D eigenvalue weighted by Gasteiger charge is -2.14. The molecule has 0 aliphatic carbocycles. The van der Waals surface area contributed by atoms with E-state index in [0.29, 0.717) is 18.2 Å². The molecule has 0 radical (unpaired) electrons. The molecule has 0 atom stereocenters. The zero-order valence-corrected chi connectivity index (χ0v) is 13.0. The first-order valence-electron chi connectivity index (χ1n) is 5.97. The second-order valence-corrected chi connectivity index (χ2v) is 5.61. The van der Waals surface area contributed by atoms with Gasteiger partial charge in [0.1, 0.15) is 12.4 Å². The molecule has 0 fully saturated rings. The lowest BCUT2D eigenvalue weighted by Crippen LogP contribution is -2.04. The molecule has 0 saturated heterocycles. The van der Waals surface area contributed by atoms with Crippen molar-refractivity contribution in [3.8, 4) is 5.75 Å². The SMILES string of the molecule is Cc1cccc(CN)c1OCc1ccc(Br)cc1Cl. The summed E-state index contributed by atoms with van der Waals surface area (Å²) < 4.78 is 6.84. The van der Waals surface area contributed by atoms with Crippen LogP contribution >= 0.6 is 27.5 Å². The first-order valence-corrected chi connectivity index (χ1v) is 7.14. The molecule has 0 aliphatic heterocycles. The van der Waals surface area contributed by atoms with E-state index >= 15 is 0 Å². The fourth-order valence-corrected chi connectivity index (χ4v) is 2.60. The van der Waals surface area contributed by atoms with Gasteiger partial charge >= 0.3 is 0 Å². The summed E-state index contributed by atoms with van der Waals surface area (Å²) in [4.78, 5) is 0. The number of nitrogens with two attached hydrogens (primary N) is 1. The van der Waals surface area contributed by atoms with Gasteiger partial charge in [-0.1, -0.05) is 51.8 Å². The van der Waals surface area contributed by atoms with Gasteiger partial charge in [-0.15, -0.1) is 0 Å². The number of hydrogen-bond acceptors (Lipinski definition) is 2. The molecule has 0 saturated carbocycles. The molecular formula is C15H15BrClNO. The van der Waals surface area contributed by atoms with E-state index in [9.17, 15) is 0 Å². The number of ether oxygens (including phenoxy) is 1. The molecule has 0 unspecified atom stereocenters. The van der Waals surface area contributed by atoms with Crippen LogP contribution in [0.5, 0.6) is 5.75 Å². The van der Waals surface area contributed by atoms with Crippen LogP contribution in [0.3, 0.4) is 0 Å². The molecule has 0 heterocycles. The minimum absolute atomic E-state index is 0.434. The van der Waals surface area contributed by atoms with Gasteiger partial charge in [-0.25, -0.2) is 0 Å². The molecule has 0 spiro atoms. The van der Waals surface area contributed by atoms with Crippen molar-refractivity contribution in [3.05, 3.63) is 62.6 Å². The molecule has 100 valence electrons. The van der Waals surface area contributed by atoms with E-state index in [1.165, 1.54) is 0 Å². The zero-order valence-electron chi connectivity index (χ0n) is 10.6. The van der Waals surface area contributed by atoms with E-state index < -0.39 is 0 Å². The second kappa shape index (κ2) is 6.42. The topological polar surface area (TPSA) is 35.2 Å². The molecule has 0 amide bonds. The molecule has 2 aromatic carbocycles.